The average Bonchev–Trinajstić information content (AvgIpc) is 2.36. The number of hydrogen-bond acceptors (Lipinski definition) is 8. The van der Waals surface area contributed by atoms with Crippen LogP contribution in [0.15, 0.2) is 0 Å². The van der Waals surface area contributed by atoms with Crippen molar-refractivity contribution in [2.45, 2.75) is 25.7 Å². The van der Waals surface area contributed by atoms with Crippen molar-refractivity contribution in [3.05, 3.63) is 0 Å². The Kier molecular flexibility index (Phi) is 12.1. The summed E-state index contributed by atoms with van der Waals surface area (Å²) in [5.74, 6) is 0. The van der Waals surface area contributed by atoms with Crippen molar-refractivity contribution in [3.63, 3.8) is 0 Å². The van der Waals surface area contributed by atoms with E-state index >= 15 is 0 Å². The molecular weight excluding hydrogens is 332 g/mol. The van der Waals surface area contributed by atoms with Crippen LogP contribution in [-0.4, -0.2) is 68.7 Å². The fourth-order valence-electron chi connectivity index (χ4n) is 1.56. The van der Waals surface area contributed by atoms with Crippen molar-refractivity contribution >= 4 is 20.2 Å². The van der Waals surface area contributed by atoms with Crippen LogP contribution in [0.4, 0.5) is 0 Å². The first-order valence-corrected chi connectivity index (χ1v) is 10.9. The van der Waals surface area contributed by atoms with Gasteiger partial charge in [-0.2, -0.15) is 16.8 Å². The maximum Gasteiger partial charge on any atom is 0.264 e. The number of rotatable bonds is 15. The molecule has 0 amide bonds. The lowest BCUT2D eigenvalue weighted by molar-refractivity contribution is 0.311. The van der Waals surface area contributed by atoms with Crippen molar-refractivity contribution in [2.75, 3.05) is 51.9 Å². The first kappa shape index (κ1) is 21.7. The Morgan fingerprint density at radius 3 is 1.27 bits per heavy atom. The lowest BCUT2D eigenvalue weighted by atomic mass is 10.3. The highest BCUT2D eigenvalue weighted by Crippen LogP contribution is 1.91. The summed E-state index contributed by atoms with van der Waals surface area (Å²) >= 11 is 0. The molecule has 0 aromatic heterocycles. The second-order valence-electron chi connectivity index (χ2n) is 4.97. The van der Waals surface area contributed by atoms with Crippen LogP contribution in [0.1, 0.15) is 25.7 Å². The van der Waals surface area contributed by atoms with Gasteiger partial charge < -0.3 is 10.6 Å². The molecule has 0 atom stereocenters. The number of nitrogens with one attached hydrogen (secondary N) is 2. The Balaban J connectivity index is 3.15. The van der Waals surface area contributed by atoms with E-state index in [-0.39, 0.29) is 13.2 Å². The lowest BCUT2D eigenvalue weighted by Gasteiger charge is -2.06. The summed E-state index contributed by atoms with van der Waals surface area (Å²) in [5.41, 5.74) is 0. The molecule has 0 spiro atoms. The van der Waals surface area contributed by atoms with Crippen LogP contribution in [0.25, 0.3) is 0 Å². The van der Waals surface area contributed by atoms with Gasteiger partial charge in [0.2, 0.25) is 0 Å². The maximum absolute atomic E-state index is 10.7. The average molecular weight is 360 g/mol. The third-order valence-electron chi connectivity index (χ3n) is 2.55. The van der Waals surface area contributed by atoms with Crippen LogP contribution in [0.5, 0.6) is 0 Å². The first-order chi connectivity index (χ1) is 10.2. The maximum atomic E-state index is 10.7. The summed E-state index contributed by atoms with van der Waals surface area (Å²) in [7, 11) is -6.65. The summed E-state index contributed by atoms with van der Waals surface area (Å²) in [6.07, 6.45) is 5.43. The smallest absolute Gasteiger partial charge is 0.264 e. The van der Waals surface area contributed by atoms with Crippen molar-refractivity contribution in [2.24, 2.45) is 0 Å². The monoisotopic (exact) mass is 360 g/mol. The molecule has 0 aliphatic heterocycles. The molecule has 0 aliphatic carbocycles. The third-order valence-corrected chi connectivity index (χ3v) is 3.74. The quantitative estimate of drug-likeness (QED) is 0.302. The molecule has 0 fully saturated rings. The molecule has 0 saturated heterocycles. The number of unbranched alkanes of at least 4 members (excludes halogenated alkanes) is 1. The van der Waals surface area contributed by atoms with E-state index in [0.717, 1.165) is 51.5 Å². The molecule has 0 aromatic carbocycles. The largest absolute Gasteiger partial charge is 0.317 e. The van der Waals surface area contributed by atoms with Crippen molar-refractivity contribution in [1.29, 1.82) is 0 Å². The van der Waals surface area contributed by atoms with Crippen LogP contribution in [0.3, 0.4) is 0 Å². The zero-order chi connectivity index (χ0) is 16.9. The van der Waals surface area contributed by atoms with Crippen LogP contribution in [0.2, 0.25) is 0 Å². The zero-order valence-electron chi connectivity index (χ0n) is 13.3. The van der Waals surface area contributed by atoms with E-state index in [1.807, 2.05) is 0 Å². The standard InChI is InChI=1S/C12H28N2O6S2/c1-21(15,16)19-11-5-9-13-7-3-4-8-14-10-6-12-20-22(2,17)18/h13-14H,3-12H2,1-2H3. The second kappa shape index (κ2) is 12.2. The fraction of sp³-hybridized carbons (Fsp3) is 1.00. The molecule has 2 N–H and O–H groups in total. The zero-order valence-corrected chi connectivity index (χ0v) is 15.0. The van der Waals surface area contributed by atoms with Crippen LogP contribution in [0, 0.1) is 0 Å². The van der Waals surface area contributed by atoms with Gasteiger partial charge in [0.15, 0.2) is 0 Å². The van der Waals surface area contributed by atoms with E-state index in [1.165, 1.54) is 0 Å². The Hall–Kier alpha value is -0.260. The number of hydrogen-bond donors (Lipinski definition) is 2. The highest BCUT2D eigenvalue weighted by atomic mass is 32.2. The highest BCUT2D eigenvalue weighted by Gasteiger charge is 2.00. The highest BCUT2D eigenvalue weighted by molar-refractivity contribution is 7.86. The molecule has 0 aliphatic rings. The minimum atomic E-state index is -3.33. The van der Waals surface area contributed by atoms with Gasteiger partial charge in [-0.3, -0.25) is 8.37 Å². The molecule has 0 heterocycles. The topological polar surface area (TPSA) is 111 Å². The van der Waals surface area contributed by atoms with Crippen molar-refractivity contribution in [1.82, 2.24) is 10.6 Å². The van der Waals surface area contributed by atoms with Gasteiger partial charge in [0.1, 0.15) is 0 Å². The molecule has 0 radical (unpaired) electrons. The molecule has 0 aromatic rings. The Labute approximate surface area is 134 Å². The third kappa shape index (κ3) is 19.7. The van der Waals surface area contributed by atoms with Gasteiger partial charge in [-0.25, -0.2) is 0 Å². The molecule has 0 rings (SSSR count). The first-order valence-electron chi connectivity index (χ1n) is 7.31. The molecule has 10 heteroatoms. The van der Waals surface area contributed by atoms with E-state index < -0.39 is 20.2 Å². The van der Waals surface area contributed by atoms with Gasteiger partial charge in [0, 0.05) is 0 Å². The molecule has 22 heavy (non-hydrogen) atoms. The van der Waals surface area contributed by atoms with E-state index in [4.69, 9.17) is 0 Å². The Morgan fingerprint density at radius 1 is 0.636 bits per heavy atom. The summed E-state index contributed by atoms with van der Waals surface area (Å²) in [6, 6.07) is 0. The summed E-state index contributed by atoms with van der Waals surface area (Å²) < 4.78 is 52.0. The Bertz CT molecular complexity index is 420. The van der Waals surface area contributed by atoms with Gasteiger partial charge in [-0.15, -0.1) is 0 Å². The van der Waals surface area contributed by atoms with E-state index in [9.17, 15) is 16.8 Å². The summed E-state index contributed by atoms with van der Waals surface area (Å²) in [6.45, 7) is 3.62. The predicted molar refractivity (Wildman–Crippen MR) is 85.8 cm³/mol. The molecule has 0 saturated carbocycles. The van der Waals surface area contributed by atoms with Gasteiger partial charge >= 0.3 is 0 Å². The normalized spacial score (nSPS) is 12.6. The molecule has 134 valence electrons. The van der Waals surface area contributed by atoms with Gasteiger partial charge in [-0.05, 0) is 51.9 Å². The molecular formula is C12H28N2O6S2. The van der Waals surface area contributed by atoms with Crippen molar-refractivity contribution < 1.29 is 25.2 Å². The van der Waals surface area contributed by atoms with Gasteiger partial charge in [0.25, 0.3) is 20.2 Å². The van der Waals surface area contributed by atoms with Crippen LogP contribution >= 0.6 is 0 Å². The van der Waals surface area contributed by atoms with E-state index in [2.05, 4.69) is 19.0 Å². The van der Waals surface area contributed by atoms with Crippen molar-refractivity contribution in [3.8, 4) is 0 Å². The molecule has 0 unspecified atom stereocenters. The lowest BCUT2D eigenvalue weighted by Crippen LogP contribution is -2.22. The summed E-state index contributed by atoms with van der Waals surface area (Å²) in [5, 5.41) is 6.42. The SMILES string of the molecule is CS(=O)(=O)OCCCNCCCCNCCCOS(C)(=O)=O. The minimum absolute atomic E-state index is 0.211. The Morgan fingerprint density at radius 2 is 0.955 bits per heavy atom. The second-order valence-corrected chi connectivity index (χ2v) is 8.25. The molecule has 0 bridgehead atoms. The molecule has 8 nitrogen and oxygen atoms in total. The fourth-order valence-corrected chi connectivity index (χ4v) is 2.41. The van der Waals surface area contributed by atoms with Gasteiger partial charge in [-0.1, -0.05) is 0 Å². The van der Waals surface area contributed by atoms with Crippen LogP contribution in [-0.2, 0) is 28.6 Å². The van der Waals surface area contributed by atoms with E-state index in [1.54, 1.807) is 0 Å². The minimum Gasteiger partial charge on any atom is -0.317 e. The summed E-state index contributed by atoms with van der Waals surface area (Å²) in [4.78, 5) is 0. The van der Waals surface area contributed by atoms with E-state index in [0.29, 0.717) is 12.8 Å². The van der Waals surface area contributed by atoms with Crippen LogP contribution < -0.4 is 10.6 Å². The van der Waals surface area contributed by atoms with Gasteiger partial charge in [0.05, 0.1) is 25.7 Å². The predicted octanol–water partition coefficient (Wildman–Crippen LogP) is -0.322.